The van der Waals surface area contributed by atoms with Gasteiger partial charge in [-0.1, -0.05) is 15.9 Å². The van der Waals surface area contributed by atoms with Crippen LogP contribution in [0.2, 0.25) is 0 Å². The summed E-state index contributed by atoms with van der Waals surface area (Å²) in [6.07, 6.45) is 7.90. The molecular formula is C8H15BrS. The highest BCUT2D eigenvalue weighted by atomic mass is 79.9. The molecule has 1 rings (SSSR count). The predicted molar refractivity (Wildman–Crippen MR) is 53.1 cm³/mol. The summed E-state index contributed by atoms with van der Waals surface area (Å²) >= 11 is 5.64. The van der Waals surface area contributed by atoms with Crippen LogP contribution < -0.4 is 0 Å². The average molecular weight is 223 g/mol. The Balaban J connectivity index is 2.06. The van der Waals surface area contributed by atoms with E-state index in [1.54, 1.807) is 0 Å². The molecule has 1 fully saturated rings. The Morgan fingerprint density at radius 2 is 2.30 bits per heavy atom. The number of rotatable bonds is 3. The molecule has 0 heterocycles. The van der Waals surface area contributed by atoms with Crippen LogP contribution in [-0.4, -0.2) is 16.8 Å². The van der Waals surface area contributed by atoms with Crippen molar-refractivity contribution in [3.63, 3.8) is 0 Å². The first-order chi connectivity index (χ1) is 4.83. The van der Waals surface area contributed by atoms with Crippen molar-refractivity contribution in [1.82, 2.24) is 0 Å². The van der Waals surface area contributed by atoms with Crippen molar-refractivity contribution in [3.05, 3.63) is 0 Å². The molecule has 1 aliphatic rings. The van der Waals surface area contributed by atoms with E-state index < -0.39 is 0 Å². The van der Waals surface area contributed by atoms with E-state index in [9.17, 15) is 0 Å². The van der Waals surface area contributed by atoms with Gasteiger partial charge in [-0.2, -0.15) is 11.8 Å². The zero-order valence-corrected chi connectivity index (χ0v) is 8.88. The van der Waals surface area contributed by atoms with Crippen molar-refractivity contribution in [1.29, 1.82) is 0 Å². The maximum absolute atomic E-state index is 3.66. The average Bonchev–Trinajstić information content (AvgIpc) is 2.31. The molecule has 0 saturated heterocycles. The number of hydrogen-bond donors (Lipinski definition) is 0. The Morgan fingerprint density at radius 1 is 1.50 bits per heavy atom. The minimum absolute atomic E-state index is 0.833. The van der Waals surface area contributed by atoms with Gasteiger partial charge in [-0.25, -0.2) is 0 Å². The molecule has 10 heavy (non-hydrogen) atoms. The van der Waals surface area contributed by atoms with Crippen LogP contribution in [-0.2, 0) is 0 Å². The topological polar surface area (TPSA) is 0 Å². The van der Waals surface area contributed by atoms with Gasteiger partial charge in [0.1, 0.15) is 0 Å². The van der Waals surface area contributed by atoms with Gasteiger partial charge in [0.25, 0.3) is 0 Å². The van der Waals surface area contributed by atoms with Gasteiger partial charge in [-0.15, -0.1) is 0 Å². The molecule has 0 aromatic heterocycles. The van der Waals surface area contributed by atoms with Crippen molar-refractivity contribution in [3.8, 4) is 0 Å². The van der Waals surface area contributed by atoms with Crippen LogP contribution in [0.5, 0.6) is 0 Å². The van der Waals surface area contributed by atoms with Crippen LogP contribution >= 0.6 is 27.7 Å². The maximum atomic E-state index is 3.66. The predicted octanol–water partition coefficient (Wildman–Crippen LogP) is 3.30. The second-order valence-electron chi connectivity index (χ2n) is 3.06. The second kappa shape index (κ2) is 4.66. The fourth-order valence-corrected chi connectivity index (χ4v) is 2.92. The Hall–Kier alpha value is 0.830. The first kappa shape index (κ1) is 8.92. The zero-order valence-electron chi connectivity index (χ0n) is 6.48. The van der Waals surface area contributed by atoms with Crippen molar-refractivity contribution in [2.24, 2.45) is 5.92 Å². The van der Waals surface area contributed by atoms with Gasteiger partial charge in [0, 0.05) is 4.83 Å². The van der Waals surface area contributed by atoms with Crippen LogP contribution in [0.15, 0.2) is 0 Å². The van der Waals surface area contributed by atoms with Gasteiger partial charge in [-0.05, 0) is 43.6 Å². The lowest BCUT2D eigenvalue weighted by Gasteiger charge is -2.05. The largest absolute Gasteiger partial charge is 0.165 e. The summed E-state index contributed by atoms with van der Waals surface area (Å²) in [4.78, 5) is 0.833. The highest BCUT2D eigenvalue weighted by Crippen LogP contribution is 2.33. The third-order valence-electron chi connectivity index (χ3n) is 2.21. The molecule has 1 aliphatic carbocycles. The van der Waals surface area contributed by atoms with Crippen LogP contribution in [0.25, 0.3) is 0 Å². The summed E-state index contributed by atoms with van der Waals surface area (Å²) in [7, 11) is 0. The van der Waals surface area contributed by atoms with Gasteiger partial charge < -0.3 is 0 Å². The molecule has 0 nitrogen and oxygen atoms in total. The quantitative estimate of drug-likeness (QED) is 0.661. The normalized spacial score (nSPS) is 33.0. The van der Waals surface area contributed by atoms with Crippen molar-refractivity contribution >= 4 is 27.7 Å². The SMILES string of the molecule is CSCCC1CCC(Br)C1. The van der Waals surface area contributed by atoms with Crippen molar-refractivity contribution < 1.29 is 0 Å². The summed E-state index contributed by atoms with van der Waals surface area (Å²) in [6, 6.07) is 0. The lowest BCUT2D eigenvalue weighted by molar-refractivity contribution is 0.537. The minimum Gasteiger partial charge on any atom is -0.165 e. The Bertz CT molecular complexity index is 95.3. The highest BCUT2D eigenvalue weighted by Gasteiger charge is 2.21. The smallest absolute Gasteiger partial charge is 0.0148 e. The third kappa shape index (κ3) is 2.83. The first-order valence-electron chi connectivity index (χ1n) is 3.96. The highest BCUT2D eigenvalue weighted by molar-refractivity contribution is 9.09. The molecule has 60 valence electrons. The fourth-order valence-electron chi connectivity index (χ4n) is 1.56. The number of hydrogen-bond acceptors (Lipinski definition) is 1. The molecule has 2 heteroatoms. The molecular weight excluding hydrogens is 208 g/mol. The van der Waals surface area contributed by atoms with E-state index in [1.165, 1.54) is 31.4 Å². The molecule has 0 aromatic carbocycles. The summed E-state index contributed by atoms with van der Waals surface area (Å²) in [5, 5.41) is 0. The second-order valence-corrected chi connectivity index (χ2v) is 5.34. The molecule has 0 aliphatic heterocycles. The van der Waals surface area contributed by atoms with Crippen LogP contribution in [0, 0.1) is 5.92 Å². The van der Waals surface area contributed by atoms with Gasteiger partial charge in [0.15, 0.2) is 0 Å². The monoisotopic (exact) mass is 222 g/mol. The van der Waals surface area contributed by atoms with Gasteiger partial charge in [-0.3, -0.25) is 0 Å². The summed E-state index contributed by atoms with van der Waals surface area (Å²) < 4.78 is 0. The molecule has 0 N–H and O–H groups in total. The number of alkyl halides is 1. The van der Waals surface area contributed by atoms with E-state index in [1.807, 2.05) is 11.8 Å². The van der Waals surface area contributed by atoms with Gasteiger partial charge >= 0.3 is 0 Å². The Morgan fingerprint density at radius 3 is 2.80 bits per heavy atom. The number of thioether (sulfide) groups is 1. The first-order valence-corrected chi connectivity index (χ1v) is 6.27. The van der Waals surface area contributed by atoms with Gasteiger partial charge in [0.05, 0.1) is 0 Å². The minimum atomic E-state index is 0.833. The van der Waals surface area contributed by atoms with Crippen LogP contribution in [0.4, 0.5) is 0 Å². The summed E-state index contributed by atoms with van der Waals surface area (Å²) in [5.41, 5.74) is 0. The van der Waals surface area contributed by atoms with E-state index in [-0.39, 0.29) is 0 Å². The third-order valence-corrected chi connectivity index (χ3v) is 3.68. The van der Waals surface area contributed by atoms with E-state index in [0.29, 0.717) is 0 Å². The fraction of sp³-hybridized carbons (Fsp3) is 1.00. The summed E-state index contributed by atoms with van der Waals surface area (Å²) in [6.45, 7) is 0. The van der Waals surface area contributed by atoms with Crippen LogP contribution in [0.3, 0.4) is 0 Å². The molecule has 0 amide bonds. The zero-order chi connectivity index (χ0) is 7.40. The maximum Gasteiger partial charge on any atom is 0.0148 e. The van der Waals surface area contributed by atoms with E-state index in [4.69, 9.17) is 0 Å². The molecule has 2 atom stereocenters. The summed E-state index contributed by atoms with van der Waals surface area (Å²) in [5.74, 6) is 2.38. The molecule has 0 aromatic rings. The van der Waals surface area contributed by atoms with Crippen molar-refractivity contribution in [2.45, 2.75) is 30.5 Å². The lowest BCUT2D eigenvalue weighted by atomic mass is 10.1. The molecule has 1 saturated carbocycles. The Kier molecular flexibility index (Phi) is 4.15. The van der Waals surface area contributed by atoms with E-state index >= 15 is 0 Å². The molecule has 0 spiro atoms. The molecule has 0 bridgehead atoms. The van der Waals surface area contributed by atoms with Gasteiger partial charge in [0.2, 0.25) is 0 Å². The van der Waals surface area contributed by atoms with Crippen LogP contribution in [0.1, 0.15) is 25.7 Å². The van der Waals surface area contributed by atoms with E-state index in [0.717, 1.165) is 10.7 Å². The van der Waals surface area contributed by atoms with Crippen molar-refractivity contribution in [2.75, 3.05) is 12.0 Å². The standard InChI is InChI=1S/C8H15BrS/c1-10-5-4-7-2-3-8(9)6-7/h7-8H,2-6H2,1H3. The lowest BCUT2D eigenvalue weighted by Crippen LogP contribution is -1.96. The van der Waals surface area contributed by atoms with E-state index in [2.05, 4.69) is 22.2 Å². The molecule has 0 radical (unpaired) electrons. The molecule has 2 unspecified atom stereocenters. The Labute approximate surface area is 76.3 Å². The number of halogens is 1.